The smallest absolute Gasteiger partial charge is 0.258 e. The van der Waals surface area contributed by atoms with Crippen molar-refractivity contribution in [2.45, 2.75) is 25.8 Å². The highest BCUT2D eigenvalue weighted by molar-refractivity contribution is 6.02. The van der Waals surface area contributed by atoms with E-state index in [1.54, 1.807) is 32.4 Å². The zero-order valence-electron chi connectivity index (χ0n) is 19.5. The van der Waals surface area contributed by atoms with E-state index in [0.717, 1.165) is 43.4 Å². The van der Waals surface area contributed by atoms with Crippen LogP contribution in [0.5, 0.6) is 11.5 Å². The molecule has 174 valence electrons. The number of likely N-dealkylation sites (tertiary alicyclic amines) is 1. The number of aromatic nitrogens is 1. The maximum Gasteiger partial charge on any atom is 0.258 e. The van der Waals surface area contributed by atoms with Gasteiger partial charge < -0.3 is 24.3 Å². The molecule has 1 aromatic heterocycles. The van der Waals surface area contributed by atoms with Crippen LogP contribution in [0.2, 0.25) is 0 Å². The molecule has 2 aromatic carbocycles. The number of amides is 1. The fourth-order valence-electron chi connectivity index (χ4n) is 4.48. The molecule has 1 amide bonds. The Morgan fingerprint density at radius 3 is 2.58 bits per heavy atom. The molecule has 0 atom stereocenters. The predicted octanol–water partition coefficient (Wildman–Crippen LogP) is 3.54. The molecule has 1 fully saturated rings. The summed E-state index contributed by atoms with van der Waals surface area (Å²) in [5.74, 6) is 1.61. The van der Waals surface area contributed by atoms with E-state index in [4.69, 9.17) is 9.47 Å². The van der Waals surface area contributed by atoms with Gasteiger partial charge in [0, 0.05) is 34.8 Å². The van der Waals surface area contributed by atoms with E-state index in [2.05, 4.69) is 17.3 Å². The summed E-state index contributed by atoms with van der Waals surface area (Å²) in [4.78, 5) is 28.3. The van der Waals surface area contributed by atoms with Crippen molar-refractivity contribution in [3.05, 3.63) is 64.6 Å². The third kappa shape index (κ3) is 5.20. The molecule has 1 saturated heterocycles. The van der Waals surface area contributed by atoms with Crippen molar-refractivity contribution in [1.29, 1.82) is 0 Å². The molecule has 0 spiro atoms. The van der Waals surface area contributed by atoms with Gasteiger partial charge in [-0.2, -0.15) is 0 Å². The van der Waals surface area contributed by atoms with E-state index in [0.29, 0.717) is 28.5 Å². The highest BCUT2D eigenvalue weighted by Gasteiger charge is 2.18. The van der Waals surface area contributed by atoms with Gasteiger partial charge in [-0.05, 0) is 75.3 Å². The molecule has 0 bridgehead atoms. The molecule has 1 aliphatic rings. The third-order valence-corrected chi connectivity index (χ3v) is 6.42. The van der Waals surface area contributed by atoms with Gasteiger partial charge in [-0.25, -0.2) is 0 Å². The second kappa shape index (κ2) is 10.1. The van der Waals surface area contributed by atoms with Crippen LogP contribution in [0.3, 0.4) is 0 Å². The van der Waals surface area contributed by atoms with Crippen molar-refractivity contribution in [2.24, 2.45) is 5.92 Å². The Kier molecular flexibility index (Phi) is 6.99. The molecule has 0 radical (unpaired) electrons. The average Bonchev–Trinajstić information content (AvgIpc) is 2.82. The van der Waals surface area contributed by atoms with E-state index in [1.165, 1.54) is 0 Å². The number of nitrogens with zero attached hydrogens (tertiary/aromatic N) is 2. The van der Waals surface area contributed by atoms with Gasteiger partial charge in [0.2, 0.25) is 5.91 Å². The lowest BCUT2D eigenvalue weighted by molar-refractivity contribution is -0.115. The summed E-state index contributed by atoms with van der Waals surface area (Å²) in [6.45, 7) is 2.87. The van der Waals surface area contributed by atoms with Gasteiger partial charge in [-0.3, -0.25) is 9.59 Å². The molecule has 33 heavy (non-hydrogen) atoms. The first kappa shape index (κ1) is 22.9. The van der Waals surface area contributed by atoms with Crippen LogP contribution < -0.4 is 20.3 Å². The van der Waals surface area contributed by atoms with Crippen molar-refractivity contribution in [1.82, 2.24) is 9.47 Å². The molecule has 1 N–H and O–H groups in total. The maximum absolute atomic E-state index is 13.2. The van der Waals surface area contributed by atoms with E-state index in [9.17, 15) is 9.59 Å². The standard InChI is InChI=1S/C26H31N3O4/c1-28-12-9-18(10-13-28)17-29-14-11-21-22(26(29)31)5-4-6-23(21)27-25(30)16-19-15-20(32-2)7-8-24(19)33-3/h4-8,11,14-15,18H,9-10,12-13,16-17H2,1-3H3,(H,27,30). The lowest BCUT2D eigenvalue weighted by Crippen LogP contribution is -2.33. The van der Waals surface area contributed by atoms with Crippen LogP contribution in [0.1, 0.15) is 18.4 Å². The number of hydrogen-bond acceptors (Lipinski definition) is 5. The summed E-state index contributed by atoms with van der Waals surface area (Å²) >= 11 is 0. The zero-order chi connectivity index (χ0) is 23.4. The molecule has 7 heteroatoms. The molecule has 0 unspecified atom stereocenters. The van der Waals surface area contributed by atoms with Crippen molar-refractivity contribution >= 4 is 22.4 Å². The summed E-state index contributed by atoms with van der Waals surface area (Å²) in [5.41, 5.74) is 1.34. The minimum atomic E-state index is -0.190. The van der Waals surface area contributed by atoms with Gasteiger partial charge in [0.25, 0.3) is 5.56 Å². The number of rotatable bonds is 7. The summed E-state index contributed by atoms with van der Waals surface area (Å²) in [5, 5.41) is 4.32. The number of carbonyl (C=O) groups excluding carboxylic acids is 1. The van der Waals surface area contributed by atoms with Gasteiger partial charge in [0.1, 0.15) is 11.5 Å². The number of ether oxygens (including phenoxy) is 2. The maximum atomic E-state index is 13.2. The van der Waals surface area contributed by atoms with Crippen LogP contribution in [0.15, 0.2) is 53.5 Å². The van der Waals surface area contributed by atoms with E-state index >= 15 is 0 Å². The van der Waals surface area contributed by atoms with E-state index in [1.807, 2.05) is 35.0 Å². The van der Waals surface area contributed by atoms with Crippen molar-refractivity contribution in [3.8, 4) is 11.5 Å². The number of benzene rings is 2. The highest BCUT2D eigenvalue weighted by Crippen LogP contribution is 2.26. The van der Waals surface area contributed by atoms with Crippen LogP contribution in [0.4, 0.5) is 5.69 Å². The molecule has 2 heterocycles. The van der Waals surface area contributed by atoms with Gasteiger partial charge in [0.15, 0.2) is 0 Å². The number of fused-ring (bicyclic) bond motifs is 1. The van der Waals surface area contributed by atoms with Gasteiger partial charge in [-0.15, -0.1) is 0 Å². The fraction of sp³-hybridized carbons (Fsp3) is 0.385. The van der Waals surface area contributed by atoms with Crippen molar-refractivity contribution in [2.75, 3.05) is 39.7 Å². The zero-order valence-corrected chi connectivity index (χ0v) is 19.5. The second-order valence-electron chi connectivity index (χ2n) is 8.69. The lowest BCUT2D eigenvalue weighted by Gasteiger charge is -2.29. The Bertz CT molecular complexity index is 1200. The molecule has 3 aromatic rings. The molecule has 0 saturated carbocycles. The van der Waals surface area contributed by atoms with Gasteiger partial charge >= 0.3 is 0 Å². The first-order valence-electron chi connectivity index (χ1n) is 11.3. The number of nitrogens with one attached hydrogen (secondary N) is 1. The molecular formula is C26H31N3O4. The Morgan fingerprint density at radius 1 is 1.06 bits per heavy atom. The van der Waals surface area contributed by atoms with Gasteiger partial charge in [0.05, 0.1) is 20.6 Å². The Morgan fingerprint density at radius 2 is 1.85 bits per heavy atom. The van der Waals surface area contributed by atoms with Gasteiger partial charge in [-0.1, -0.05) is 6.07 Å². The largest absolute Gasteiger partial charge is 0.497 e. The number of hydrogen-bond donors (Lipinski definition) is 1. The van der Waals surface area contributed by atoms with Crippen molar-refractivity contribution in [3.63, 3.8) is 0 Å². The first-order valence-corrected chi connectivity index (χ1v) is 11.3. The Balaban J connectivity index is 1.53. The highest BCUT2D eigenvalue weighted by atomic mass is 16.5. The van der Waals surface area contributed by atoms with Crippen LogP contribution in [-0.4, -0.2) is 49.7 Å². The topological polar surface area (TPSA) is 72.8 Å². The van der Waals surface area contributed by atoms with Crippen LogP contribution >= 0.6 is 0 Å². The van der Waals surface area contributed by atoms with Crippen LogP contribution in [-0.2, 0) is 17.8 Å². The Labute approximate surface area is 193 Å². The number of methoxy groups -OCH3 is 2. The summed E-state index contributed by atoms with van der Waals surface area (Å²) in [6.07, 6.45) is 4.18. The number of piperidine rings is 1. The van der Waals surface area contributed by atoms with E-state index in [-0.39, 0.29) is 17.9 Å². The number of carbonyl (C=O) groups is 1. The average molecular weight is 450 g/mol. The lowest BCUT2D eigenvalue weighted by atomic mass is 9.97. The Hall–Kier alpha value is -3.32. The summed E-state index contributed by atoms with van der Waals surface area (Å²) in [6, 6.07) is 12.8. The molecule has 7 nitrogen and oxygen atoms in total. The summed E-state index contributed by atoms with van der Waals surface area (Å²) in [7, 11) is 5.30. The summed E-state index contributed by atoms with van der Waals surface area (Å²) < 4.78 is 12.5. The molecular weight excluding hydrogens is 418 g/mol. The number of pyridine rings is 1. The molecule has 0 aliphatic carbocycles. The quantitative estimate of drug-likeness (QED) is 0.597. The third-order valence-electron chi connectivity index (χ3n) is 6.42. The van der Waals surface area contributed by atoms with Crippen LogP contribution in [0.25, 0.3) is 10.8 Å². The van der Waals surface area contributed by atoms with Crippen LogP contribution in [0, 0.1) is 5.92 Å². The fourth-order valence-corrected chi connectivity index (χ4v) is 4.48. The predicted molar refractivity (Wildman–Crippen MR) is 130 cm³/mol. The molecule has 4 rings (SSSR count). The normalized spacial score (nSPS) is 14.9. The second-order valence-corrected chi connectivity index (χ2v) is 8.69. The van der Waals surface area contributed by atoms with Crippen molar-refractivity contribution < 1.29 is 14.3 Å². The molecule has 1 aliphatic heterocycles. The SMILES string of the molecule is COc1ccc(OC)c(CC(=O)Nc2cccc3c(=O)n(CC4CCN(C)CC4)ccc23)c1. The minimum absolute atomic E-state index is 0.0167. The number of anilines is 1. The first-order chi connectivity index (χ1) is 16.0. The van der Waals surface area contributed by atoms with E-state index < -0.39 is 0 Å². The minimum Gasteiger partial charge on any atom is -0.497 e. The monoisotopic (exact) mass is 449 g/mol.